The molecule has 1 aromatic carbocycles. The van der Waals surface area contributed by atoms with E-state index in [1.807, 2.05) is 0 Å². The number of hydrogen-bond acceptors (Lipinski definition) is 5. The van der Waals surface area contributed by atoms with Crippen molar-refractivity contribution in [2.45, 2.75) is 0 Å². The number of phenols is 1. The van der Waals surface area contributed by atoms with Crippen molar-refractivity contribution >= 4 is 18.9 Å². The lowest BCUT2D eigenvalue weighted by Crippen LogP contribution is -2.31. The summed E-state index contributed by atoms with van der Waals surface area (Å²) in [4.78, 5) is 32.7. The minimum absolute atomic E-state index is 0.00104. The van der Waals surface area contributed by atoms with E-state index in [1.54, 1.807) is 0 Å². The van der Waals surface area contributed by atoms with Crippen LogP contribution < -0.4 is 10.2 Å². The smallest absolute Gasteiger partial charge is 0.466 e. The molecule has 116 valence electrons. The Morgan fingerprint density at radius 2 is 1.73 bits per heavy atom. The van der Waals surface area contributed by atoms with Crippen LogP contribution in [-0.4, -0.2) is 19.8 Å². The van der Waals surface area contributed by atoms with Gasteiger partial charge in [0, 0.05) is 24.3 Å². The molecule has 0 radical (unpaired) electrons. The highest BCUT2D eigenvalue weighted by molar-refractivity contribution is 7.45. The van der Waals surface area contributed by atoms with Gasteiger partial charge in [-0.25, -0.2) is 4.57 Å². The number of rotatable bonds is 0. The van der Waals surface area contributed by atoms with Gasteiger partial charge in [0.15, 0.2) is 5.43 Å². The van der Waals surface area contributed by atoms with E-state index in [4.69, 9.17) is 23.7 Å². The van der Waals surface area contributed by atoms with Gasteiger partial charge in [0.1, 0.15) is 5.75 Å². The van der Waals surface area contributed by atoms with Crippen molar-refractivity contribution in [2.24, 2.45) is 0 Å². The molecule has 0 fully saturated rings. The lowest BCUT2D eigenvalue weighted by atomic mass is 10.2. The average molecular weight is 327 g/mol. The molecule has 0 atom stereocenters. The van der Waals surface area contributed by atoms with Gasteiger partial charge in [-0.1, -0.05) is 0 Å². The molecular weight excluding hydrogens is 317 g/mol. The molecule has 3 rings (SSSR count). The Kier molecular flexibility index (Phi) is 4.16. The minimum atomic E-state index is -4.64. The Morgan fingerprint density at radius 3 is 2.36 bits per heavy atom. The Labute approximate surface area is 122 Å². The lowest BCUT2D eigenvalue weighted by molar-refractivity contribution is -0.566. The van der Waals surface area contributed by atoms with Gasteiger partial charge in [0.2, 0.25) is 11.3 Å². The van der Waals surface area contributed by atoms with Crippen molar-refractivity contribution < 1.29 is 33.5 Å². The molecule has 1 aliphatic heterocycles. The summed E-state index contributed by atoms with van der Waals surface area (Å²) in [5, 5.41) is 21.3. The monoisotopic (exact) mass is 327 g/mol. The van der Waals surface area contributed by atoms with Gasteiger partial charge < -0.3 is 29.4 Å². The molecule has 1 heterocycles. The Balaban J connectivity index is 0.000000309. The minimum Gasteiger partial charge on any atom is -0.618 e. The summed E-state index contributed by atoms with van der Waals surface area (Å²) < 4.78 is 15.0. The van der Waals surface area contributed by atoms with E-state index in [0.29, 0.717) is 10.2 Å². The van der Waals surface area contributed by atoms with E-state index < -0.39 is 7.82 Å². The highest BCUT2D eigenvalue weighted by atomic mass is 31.2. The standard InChI is InChI=1S/C12H7NO4.H3O4P/c14-7-1-3-9-11(5-7)17-12-6-8(15)2-4-10(12)13(9)16;1-5(2,3)4/h1-6,14H;(H3,1,2,3,4). The first-order chi connectivity index (χ1) is 10.1. The number of aromatic nitrogens is 1. The number of fused-ring (bicyclic) bond motifs is 2. The van der Waals surface area contributed by atoms with Crippen LogP contribution in [-0.2, 0) is 4.57 Å². The van der Waals surface area contributed by atoms with Crippen molar-refractivity contribution in [2.75, 3.05) is 0 Å². The third kappa shape index (κ3) is 3.80. The number of phenolic OH excluding ortho intramolecular Hbond substituents is 1. The fraction of sp³-hybridized carbons (Fsp3) is 0. The molecular formula is C12H10NO8P. The SMILES string of the molecule is O=P(O)(O)O.O=c1ccc2[n+]([O-])c3ccc(O)cc3oc-2c1. The summed E-state index contributed by atoms with van der Waals surface area (Å²) in [7, 11) is -4.64. The van der Waals surface area contributed by atoms with E-state index in [2.05, 4.69) is 0 Å². The van der Waals surface area contributed by atoms with Crippen LogP contribution in [0, 0.1) is 5.21 Å². The number of aromatic hydroxyl groups is 1. The van der Waals surface area contributed by atoms with Crippen LogP contribution in [0.5, 0.6) is 5.75 Å². The third-order valence-electron chi connectivity index (χ3n) is 2.53. The molecule has 9 nitrogen and oxygen atoms in total. The average Bonchev–Trinajstić information content (AvgIpc) is 2.36. The summed E-state index contributed by atoms with van der Waals surface area (Å²) in [6.45, 7) is 0. The zero-order chi connectivity index (χ0) is 16.5. The maximum atomic E-state index is 12.0. The fourth-order valence-electron chi connectivity index (χ4n) is 1.74. The summed E-state index contributed by atoms with van der Waals surface area (Å²) in [5.41, 5.74) is 0.579. The summed E-state index contributed by atoms with van der Waals surface area (Å²) in [6.07, 6.45) is 0. The van der Waals surface area contributed by atoms with Gasteiger partial charge in [-0.3, -0.25) is 4.79 Å². The van der Waals surface area contributed by atoms with Crippen molar-refractivity contribution in [3.05, 3.63) is 51.8 Å². The summed E-state index contributed by atoms with van der Waals surface area (Å²) >= 11 is 0. The highest BCUT2D eigenvalue weighted by Crippen LogP contribution is 2.26. The third-order valence-corrected chi connectivity index (χ3v) is 2.53. The van der Waals surface area contributed by atoms with Crippen LogP contribution in [0.3, 0.4) is 0 Å². The van der Waals surface area contributed by atoms with E-state index in [9.17, 15) is 15.1 Å². The predicted octanol–water partition coefficient (Wildman–Crippen LogP) is 0.308. The van der Waals surface area contributed by atoms with Crippen molar-refractivity contribution in [3.63, 3.8) is 0 Å². The molecule has 0 saturated heterocycles. The maximum absolute atomic E-state index is 12.0. The Hall–Kier alpha value is -2.45. The van der Waals surface area contributed by atoms with Gasteiger partial charge in [0.05, 0.1) is 0 Å². The highest BCUT2D eigenvalue weighted by Gasteiger charge is 2.19. The molecule has 1 aliphatic carbocycles. The van der Waals surface area contributed by atoms with Crippen molar-refractivity contribution in [1.82, 2.24) is 0 Å². The van der Waals surface area contributed by atoms with Crippen LogP contribution in [0.15, 0.2) is 45.6 Å². The Morgan fingerprint density at radius 1 is 1.09 bits per heavy atom. The number of phosphoric acid groups is 1. The second-order valence-electron chi connectivity index (χ2n) is 4.19. The first kappa shape index (κ1) is 15.9. The predicted molar refractivity (Wildman–Crippen MR) is 74.0 cm³/mol. The molecule has 0 aromatic heterocycles. The largest absolute Gasteiger partial charge is 0.618 e. The quantitative estimate of drug-likeness (QED) is 0.199. The van der Waals surface area contributed by atoms with Crippen molar-refractivity contribution in [1.29, 1.82) is 0 Å². The topological polar surface area (TPSA) is 155 Å². The molecule has 10 heteroatoms. The molecule has 0 bridgehead atoms. The molecule has 0 amide bonds. The van der Waals surface area contributed by atoms with E-state index in [1.165, 1.54) is 36.4 Å². The Bertz CT molecular complexity index is 891. The maximum Gasteiger partial charge on any atom is 0.466 e. The van der Waals surface area contributed by atoms with Crippen LogP contribution >= 0.6 is 7.82 Å². The van der Waals surface area contributed by atoms with E-state index in [0.717, 1.165) is 0 Å². The van der Waals surface area contributed by atoms with Gasteiger partial charge in [-0.05, 0) is 12.1 Å². The van der Waals surface area contributed by atoms with Crippen LogP contribution in [0.4, 0.5) is 0 Å². The second-order valence-corrected chi connectivity index (χ2v) is 5.22. The normalized spacial score (nSPS) is 11.2. The van der Waals surface area contributed by atoms with E-state index >= 15 is 0 Å². The van der Waals surface area contributed by atoms with Gasteiger partial charge >= 0.3 is 7.82 Å². The number of hydrogen-bond donors (Lipinski definition) is 4. The van der Waals surface area contributed by atoms with Crippen LogP contribution in [0.2, 0.25) is 0 Å². The van der Waals surface area contributed by atoms with Crippen LogP contribution in [0.25, 0.3) is 22.6 Å². The molecule has 1 aromatic rings. The lowest BCUT2D eigenvalue weighted by Gasteiger charge is -2.08. The molecule has 4 N–H and O–H groups in total. The summed E-state index contributed by atoms with van der Waals surface area (Å²) in [5.74, 6) is 0.199. The zero-order valence-corrected chi connectivity index (χ0v) is 11.7. The number of benzene rings is 2. The first-order valence-electron chi connectivity index (χ1n) is 5.72. The first-order valence-corrected chi connectivity index (χ1v) is 7.29. The molecule has 0 saturated carbocycles. The van der Waals surface area contributed by atoms with Gasteiger partial charge in [0.25, 0.3) is 11.2 Å². The molecule has 2 aliphatic rings. The zero-order valence-electron chi connectivity index (χ0n) is 10.8. The van der Waals surface area contributed by atoms with E-state index in [-0.39, 0.29) is 28.2 Å². The number of nitrogens with zero attached hydrogens (tertiary/aromatic N) is 1. The second kappa shape index (κ2) is 5.74. The molecule has 22 heavy (non-hydrogen) atoms. The van der Waals surface area contributed by atoms with Gasteiger partial charge in [-0.15, -0.1) is 0 Å². The van der Waals surface area contributed by atoms with Crippen LogP contribution in [0.1, 0.15) is 0 Å². The van der Waals surface area contributed by atoms with Crippen molar-refractivity contribution in [3.8, 4) is 17.2 Å². The molecule has 0 unspecified atom stereocenters. The van der Waals surface area contributed by atoms with Gasteiger partial charge in [-0.2, -0.15) is 4.73 Å². The fourth-order valence-corrected chi connectivity index (χ4v) is 1.74. The summed E-state index contributed by atoms with van der Waals surface area (Å²) in [6, 6.07) is 8.17. The molecule has 0 spiro atoms.